The maximum atomic E-state index is 6.37. The average Bonchev–Trinajstić information content (AvgIpc) is 2.38. The second kappa shape index (κ2) is 9.91. The Morgan fingerprint density at radius 3 is 2.32 bits per heavy atom. The highest BCUT2D eigenvalue weighted by atomic mass is 35.5. The third-order valence-corrected chi connectivity index (χ3v) is 4.42. The Morgan fingerprint density at radius 2 is 1.63 bits per heavy atom. The van der Waals surface area contributed by atoms with Crippen LogP contribution >= 0.6 is 34.8 Å². The van der Waals surface area contributed by atoms with Crippen LogP contribution < -0.4 is 0 Å². The van der Waals surface area contributed by atoms with Crippen molar-refractivity contribution < 1.29 is 0 Å². The Hall–Kier alpha value is 0.0900. The Bertz CT molecular complexity index is 363. The molecule has 108 valence electrons. The normalized spacial score (nSPS) is 12.6. The zero-order valence-electron chi connectivity index (χ0n) is 11.6. The fraction of sp³-hybridized carbons (Fsp3) is 0.625. The van der Waals surface area contributed by atoms with E-state index in [-0.39, 0.29) is 5.38 Å². The largest absolute Gasteiger partial charge is 0.123 e. The summed E-state index contributed by atoms with van der Waals surface area (Å²) in [7, 11) is 0. The molecule has 0 spiro atoms. The van der Waals surface area contributed by atoms with Gasteiger partial charge in [-0.25, -0.2) is 0 Å². The van der Waals surface area contributed by atoms with Crippen LogP contribution in [0, 0.1) is 0 Å². The van der Waals surface area contributed by atoms with Crippen LogP contribution in [-0.4, -0.2) is 5.38 Å². The first-order valence-corrected chi connectivity index (χ1v) is 8.40. The molecule has 19 heavy (non-hydrogen) atoms. The number of hydrogen-bond donors (Lipinski definition) is 0. The van der Waals surface area contributed by atoms with Gasteiger partial charge in [-0.3, -0.25) is 0 Å². The predicted molar refractivity (Wildman–Crippen MR) is 87.8 cm³/mol. The van der Waals surface area contributed by atoms with Crippen molar-refractivity contribution in [1.29, 1.82) is 0 Å². The molecule has 0 amide bonds. The predicted octanol–water partition coefficient (Wildman–Crippen LogP) is 6.89. The van der Waals surface area contributed by atoms with Gasteiger partial charge in [0.05, 0.1) is 10.0 Å². The maximum Gasteiger partial charge on any atom is 0.0595 e. The van der Waals surface area contributed by atoms with Crippen LogP contribution in [0.3, 0.4) is 0 Å². The van der Waals surface area contributed by atoms with Crippen LogP contribution in [0.2, 0.25) is 10.0 Å². The molecular weight excluding hydrogens is 299 g/mol. The average molecular weight is 322 g/mol. The van der Waals surface area contributed by atoms with E-state index in [0.717, 1.165) is 12.8 Å². The molecule has 0 N–H and O–H groups in total. The Labute approximate surface area is 132 Å². The maximum absolute atomic E-state index is 6.37. The lowest BCUT2D eigenvalue weighted by atomic mass is 10.0. The van der Waals surface area contributed by atoms with Gasteiger partial charge in [0.15, 0.2) is 0 Å². The minimum Gasteiger partial charge on any atom is -0.123 e. The summed E-state index contributed by atoms with van der Waals surface area (Å²) in [4.78, 5) is 0. The number of alkyl halides is 1. The highest BCUT2D eigenvalue weighted by molar-refractivity contribution is 6.42. The highest BCUT2D eigenvalue weighted by Crippen LogP contribution is 2.24. The Kier molecular flexibility index (Phi) is 8.94. The number of rotatable bonds is 9. The molecule has 3 heteroatoms. The first kappa shape index (κ1) is 17.1. The number of hydrogen-bond acceptors (Lipinski definition) is 0. The third-order valence-electron chi connectivity index (χ3n) is 3.31. The van der Waals surface area contributed by atoms with Gasteiger partial charge in [0.25, 0.3) is 0 Å². The molecule has 0 nitrogen and oxygen atoms in total. The van der Waals surface area contributed by atoms with Gasteiger partial charge in [0.1, 0.15) is 0 Å². The van der Waals surface area contributed by atoms with Gasteiger partial charge >= 0.3 is 0 Å². The summed E-state index contributed by atoms with van der Waals surface area (Å²) >= 11 is 18.3. The second-order valence-electron chi connectivity index (χ2n) is 5.11. The molecule has 1 aromatic rings. The molecular formula is C16H23Cl3. The van der Waals surface area contributed by atoms with Crippen LogP contribution in [0.25, 0.3) is 0 Å². The van der Waals surface area contributed by atoms with Gasteiger partial charge in [0, 0.05) is 5.38 Å². The van der Waals surface area contributed by atoms with E-state index in [1.807, 2.05) is 18.2 Å². The molecule has 1 atom stereocenters. The minimum atomic E-state index is 0.198. The van der Waals surface area contributed by atoms with Gasteiger partial charge in [-0.15, -0.1) is 11.6 Å². The summed E-state index contributed by atoms with van der Waals surface area (Å²) in [5.74, 6) is 0. The molecule has 0 saturated carbocycles. The summed E-state index contributed by atoms with van der Waals surface area (Å²) < 4.78 is 0. The number of unbranched alkanes of at least 4 members (excludes halogenated alkanes) is 5. The van der Waals surface area contributed by atoms with E-state index >= 15 is 0 Å². The van der Waals surface area contributed by atoms with Crippen molar-refractivity contribution in [2.45, 2.75) is 63.7 Å². The molecule has 0 bridgehead atoms. The summed E-state index contributed by atoms with van der Waals surface area (Å²) in [5.41, 5.74) is 1.17. The van der Waals surface area contributed by atoms with Gasteiger partial charge in [-0.05, 0) is 30.5 Å². The van der Waals surface area contributed by atoms with Crippen LogP contribution in [0.4, 0.5) is 0 Å². The van der Waals surface area contributed by atoms with Crippen molar-refractivity contribution in [2.24, 2.45) is 0 Å². The monoisotopic (exact) mass is 320 g/mol. The molecule has 0 aliphatic heterocycles. The first-order valence-electron chi connectivity index (χ1n) is 7.21. The summed E-state index contributed by atoms with van der Waals surface area (Å²) in [6.45, 7) is 2.24. The van der Waals surface area contributed by atoms with Crippen LogP contribution in [0.15, 0.2) is 18.2 Å². The molecule has 0 aromatic heterocycles. The molecule has 0 heterocycles. The van der Waals surface area contributed by atoms with E-state index in [9.17, 15) is 0 Å². The minimum absolute atomic E-state index is 0.198. The molecule has 0 radical (unpaired) electrons. The summed E-state index contributed by atoms with van der Waals surface area (Å²) in [6, 6.07) is 5.76. The molecule has 0 saturated heterocycles. The smallest absolute Gasteiger partial charge is 0.0595 e. The highest BCUT2D eigenvalue weighted by Gasteiger charge is 2.07. The van der Waals surface area contributed by atoms with E-state index in [1.165, 1.54) is 44.1 Å². The van der Waals surface area contributed by atoms with E-state index in [1.54, 1.807) is 0 Å². The van der Waals surface area contributed by atoms with Gasteiger partial charge in [-0.1, -0.05) is 74.7 Å². The number of halogens is 3. The SMILES string of the molecule is CCCCCCCCC(Cl)Cc1ccc(Cl)c(Cl)c1. The van der Waals surface area contributed by atoms with E-state index < -0.39 is 0 Å². The molecule has 0 aliphatic carbocycles. The first-order chi connectivity index (χ1) is 9.13. The van der Waals surface area contributed by atoms with E-state index in [0.29, 0.717) is 10.0 Å². The van der Waals surface area contributed by atoms with Crippen molar-refractivity contribution >= 4 is 34.8 Å². The zero-order valence-corrected chi connectivity index (χ0v) is 13.9. The summed E-state index contributed by atoms with van der Waals surface area (Å²) in [5, 5.41) is 1.42. The van der Waals surface area contributed by atoms with Gasteiger partial charge in [0.2, 0.25) is 0 Å². The third kappa shape index (κ3) is 7.44. The molecule has 1 rings (SSSR count). The molecule has 1 aromatic carbocycles. The lowest BCUT2D eigenvalue weighted by molar-refractivity contribution is 0.578. The Balaban J connectivity index is 2.19. The van der Waals surface area contributed by atoms with Crippen molar-refractivity contribution in [1.82, 2.24) is 0 Å². The van der Waals surface area contributed by atoms with Crippen molar-refractivity contribution in [3.05, 3.63) is 33.8 Å². The lowest BCUT2D eigenvalue weighted by Gasteiger charge is -2.10. The zero-order chi connectivity index (χ0) is 14.1. The van der Waals surface area contributed by atoms with Gasteiger partial charge < -0.3 is 0 Å². The van der Waals surface area contributed by atoms with Crippen molar-refractivity contribution in [3.8, 4) is 0 Å². The fourth-order valence-corrected chi connectivity index (χ4v) is 2.82. The quantitative estimate of drug-likeness (QED) is 0.343. The second-order valence-corrected chi connectivity index (χ2v) is 6.54. The molecule has 1 unspecified atom stereocenters. The lowest BCUT2D eigenvalue weighted by Crippen LogP contribution is -2.03. The van der Waals surface area contributed by atoms with Crippen molar-refractivity contribution in [2.75, 3.05) is 0 Å². The number of benzene rings is 1. The van der Waals surface area contributed by atoms with Crippen LogP contribution in [-0.2, 0) is 6.42 Å². The Morgan fingerprint density at radius 1 is 0.947 bits per heavy atom. The standard InChI is InChI=1S/C16H23Cl3/c1-2-3-4-5-6-7-8-14(17)11-13-9-10-15(18)16(19)12-13/h9-10,12,14H,2-8,11H2,1H3. The summed E-state index contributed by atoms with van der Waals surface area (Å²) in [6.07, 6.45) is 9.81. The van der Waals surface area contributed by atoms with Gasteiger partial charge in [-0.2, -0.15) is 0 Å². The van der Waals surface area contributed by atoms with Crippen LogP contribution in [0.5, 0.6) is 0 Å². The van der Waals surface area contributed by atoms with Crippen LogP contribution in [0.1, 0.15) is 57.4 Å². The topological polar surface area (TPSA) is 0 Å². The van der Waals surface area contributed by atoms with Crippen molar-refractivity contribution in [3.63, 3.8) is 0 Å². The van der Waals surface area contributed by atoms with E-state index in [2.05, 4.69) is 6.92 Å². The fourth-order valence-electron chi connectivity index (χ4n) is 2.17. The molecule has 0 aliphatic rings. The van der Waals surface area contributed by atoms with E-state index in [4.69, 9.17) is 34.8 Å². The molecule has 0 fully saturated rings.